The first-order valence-electron chi connectivity index (χ1n) is 11.1. The van der Waals surface area contributed by atoms with E-state index in [1.165, 1.54) is 5.56 Å². The highest BCUT2D eigenvalue weighted by atomic mass is 16.5. The number of rotatable bonds is 7. The Kier molecular flexibility index (Phi) is 6.50. The van der Waals surface area contributed by atoms with Crippen LogP contribution in [0.5, 0.6) is 5.75 Å². The number of aromatic nitrogens is 1. The van der Waals surface area contributed by atoms with E-state index in [4.69, 9.17) is 9.72 Å². The van der Waals surface area contributed by atoms with Gasteiger partial charge in [0.25, 0.3) is 5.91 Å². The number of anilines is 1. The van der Waals surface area contributed by atoms with Crippen LogP contribution in [0.3, 0.4) is 0 Å². The zero-order valence-corrected chi connectivity index (χ0v) is 18.8. The van der Waals surface area contributed by atoms with Crippen molar-refractivity contribution in [1.29, 1.82) is 0 Å². The van der Waals surface area contributed by atoms with Crippen molar-refractivity contribution >= 4 is 22.5 Å². The summed E-state index contributed by atoms with van der Waals surface area (Å²) >= 11 is 0. The molecule has 4 nitrogen and oxygen atoms in total. The number of ether oxygens (including phenoxy) is 1. The second kappa shape index (κ2) is 9.65. The quantitative estimate of drug-likeness (QED) is 0.345. The molecule has 1 N–H and O–H groups in total. The predicted molar refractivity (Wildman–Crippen MR) is 131 cm³/mol. The van der Waals surface area contributed by atoms with Crippen molar-refractivity contribution in [2.45, 2.75) is 33.1 Å². The van der Waals surface area contributed by atoms with E-state index >= 15 is 0 Å². The Labute approximate surface area is 189 Å². The third-order valence-electron chi connectivity index (χ3n) is 5.77. The van der Waals surface area contributed by atoms with Crippen molar-refractivity contribution in [2.75, 3.05) is 11.9 Å². The van der Waals surface area contributed by atoms with Crippen LogP contribution >= 0.6 is 0 Å². The van der Waals surface area contributed by atoms with Gasteiger partial charge in [0.15, 0.2) is 0 Å². The van der Waals surface area contributed by atoms with E-state index in [1.54, 1.807) is 0 Å². The summed E-state index contributed by atoms with van der Waals surface area (Å²) in [5, 5.41) is 3.88. The van der Waals surface area contributed by atoms with Gasteiger partial charge in [0, 0.05) is 16.6 Å². The van der Waals surface area contributed by atoms with E-state index in [0.29, 0.717) is 18.1 Å². The summed E-state index contributed by atoms with van der Waals surface area (Å²) in [6.07, 6.45) is 1.09. The van der Waals surface area contributed by atoms with Crippen molar-refractivity contribution in [3.63, 3.8) is 0 Å². The summed E-state index contributed by atoms with van der Waals surface area (Å²) in [6.45, 7) is 6.97. The number of nitrogens with one attached hydrogen (secondary N) is 1. The van der Waals surface area contributed by atoms with Gasteiger partial charge in [-0.3, -0.25) is 4.79 Å². The minimum atomic E-state index is -0.146. The van der Waals surface area contributed by atoms with Gasteiger partial charge in [-0.1, -0.05) is 44.2 Å². The standard InChI is InChI=1S/C28H28N2O2/c1-4-19(3)20-10-14-22(15-11-20)29-28(31)25-18-27(30-26-9-7-6-8-24(25)26)21-12-16-23(17-13-21)32-5-2/h6-19H,4-5H2,1-3H3,(H,29,31). The summed E-state index contributed by atoms with van der Waals surface area (Å²) in [4.78, 5) is 18.1. The highest BCUT2D eigenvalue weighted by Gasteiger charge is 2.15. The van der Waals surface area contributed by atoms with E-state index in [9.17, 15) is 4.79 Å². The summed E-state index contributed by atoms with van der Waals surface area (Å²) in [5.74, 6) is 1.17. The predicted octanol–water partition coefficient (Wildman–Crippen LogP) is 7.07. The number of nitrogens with zero attached hydrogens (tertiary/aromatic N) is 1. The molecule has 0 aliphatic heterocycles. The van der Waals surface area contributed by atoms with Crippen molar-refractivity contribution in [3.8, 4) is 17.0 Å². The molecule has 0 aliphatic rings. The molecule has 0 spiro atoms. The molecule has 1 aromatic heterocycles. The number of benzene rings is 3. The minimum absolute atomic E-state index is 0.146. The van der Waals surface area contributed by atoms with Crippen molar-refractivity contribution in [3.05, 3.63) is 90.0 Å². The summed E-state index contributed by atoms with van der Waals surface area (Å²) in [7, 11) is 0. The van der Waals surface area contributed by atoms with Gasteiger partial charge in [-0.25, -0.2) is 4.98 Å². The van der Waals surface area contributed by atoms with Gasteiger partial charge in [-0.05, 0) is 73.4 Å². The molecule has 32 heavy (non-hydrogen) atoms. The smallest absolute Gasteiger partial charge is 0.256 e. The third kappa shape index (κ3) is 4.65. The molecule has 0 radical (unpaired) electrons. The van der Waals surface area contributed by atoms with Crippen LogP contribution in [0, 0.1) is 0 Å². The van der Waals surface area contributed by atoms with Gasteiger partial charge in [-0.15, -0.1) is 0 Å². The normalized spacial score (nSPS) is 11.8. The first-order valence-corrected chi connectivity index (χ1v) is 11.1. The fraction of sp³-hybridized carbons (Fsp3) is 0.214. The van der Waals surface area contributed by atoms with E-state index in [0.717, 1.165) is 40.0 Å². The fourth-order valence-corrected chi connectivity index (χ4v) is 3.73. The van der Waals surface area contributed by atoms with Gasteiger partial charge in [0.1, 0.15) is 5.75 Å². The number of carbonyl (C=O) groups excluding carboxylic acids is 1. The first kappa shape index (κ1) is 21.6. The van der Waals surface area contributed by atoms with E-state index in [1.807, 2.05) is 73.7 Å². The van der Waals surface area contributed by atoms with Crippen molar-refractivity contribution in [2.24, 2.45) is 0 Å². The summed E-state index contributed by atoms with van der Waals surface area (Å²) in [5.41, 5.74) is 5.14. The Morgan fingerprint density at radius 1 is 0.969 bits per heavy atom. The highest BCUT2D eigenvalue weighted by Crippen LogP contribution is 2.27. The van der Waals surface area contributed by atoms with E-state index < -0.39 is 0 Å². The Morgan fingerprint density at radius 2 is 1.69 bits per heavy atom. The average molecular weight is 425 g/mol. The number of para-hydroxylation sites is 1. The SMILES string of the molecule is CCOc1ccc(-c2cc(C(=O)Nc3ccc(C(C)CC)cc3)c3ccccc3n2)cc1. The number of hydrogen-bond donors (Lipinski definition) is 1. The molecule has 4 aromatic rings. The largest absolute Gasteiger partial charge is 0.494 e. The second-order valence-electron chi connectivity index (χ2n) is 7.92. The Morgan fingerprint density at radius 3 is 2.38 bits per heavy atom. The highest BCUT2D eigenvalue weighted by molar-refractivity contribution is 6.13. The van der Waals surface area contributed by atoms with Crippen LogP contribution in [-0.2, 0) is 0 Å². The second-order valence-corrected chi connectivity index (χ2v) is 7.92. The van der Waals surface area contributed by atoms with Gasteiger partial charge in [-0.2, -0.15) is 0 Å². The molecule has 0 bridgehead atoms. The molecule has 4 heteroatoms. The maximum atomic E-state index is 13.3. The van der Waals surface area contributed by atoms with E-state index in [-0.39, 0.29) is 5.91 Å². The topological polar surface area (TPSA) is 51.2 Å². The van der Waals surface area contributed by atoms with Crippen LogP contribution in [0.2, 0.25) is 0 Å². The number of pyridine rings is 1. The molecule has 0 fully saturated rings. The molecule has 1 atom stereocenters. The van der Waals surface area contributed by atoms with Crippen LogP contribution < -0.4 is 10.1 Å². The lowest BCUT2D eigenvalue weighted by Crippen LogP contribution is -2.13. The molecule has 0 aliphatic carbocycles. The molecule has 0 saturated heterocycles. The fourth-order valence-electron chi connectivity index (χ4n) is 3.73. The first-order chi connectivity index (χ1) is 15.6. The third-order valence-corrected chi connectivity index (χ3v) is 5.77. The van der Waals surface area contributed by atoms with Gasteiger partial charge in [0.2, 0.25) is 0 Å². The van der Waals surface area contributed by atoms with Crippen molar-refractivity contribution in [1.82, 2.24) is 4.98 Å². The lowest BCUT2D eigenvalue weighted by atomic mass is 9.98. The Balaban J connectivity index is 1.67. The molecule has 1 amide bonds. The lowest BCUT2D eigenvalue weighted by molar-refractivity contribution is 0.102. The molecule has 0 saturated carbocycles. The van der Waals surface area contributed by atoms with Gasteiger partial charge in [0.05, 0.1) is 23.4 Å². The molecular formula is C28H28N2O2. The van der Waals surface area contributed by atoms with Crippen LogP contribution in [0.25, 0.3) is 22.2 Å². The Bertz CT molecular complexity index is 1210. The van der Waals surface area contributed by atoms with E-state index in [2.05, 4.69) is 31.3 Å². The number of carbonyl (C=O) groups is 1. The van der Waals surface area contributed by atoms with Crippen LogP contribution in [0.4, 0.5) is 5.69 Å². The number of fused-ring (bicyclic) bond motifs is 1. The van der Waals surface area contributed by atoms with Crippen LogP contribution in [0.15, 0.2) is 78.9 Å². The minimum Gasteiger partial charge on any atom is -0.494 e. The average Bonchev–Trinajstić information content (AvgIpc) is 2.84. The maximum absolute atomic E-state index is 13.3. The number of amides is 1. The number of hydrogen-bond acceptors (Lipinski definition) is 3. The lowest BCUT2D eigenvalue weighted by Gasteiger charge is -2.13. The molecule has 3 aromatic carbocycles. The van der Waals surface area contributed by atoms with Crippen molar-refractivity contribution < 1.29 is 9.53 Å². The van der Waals surface area contributed by atoms with Gasteiger partial charge < -0.3 is 10.1 Å². The zero-order valence-electron chi connectivity index (χ0n) is 18.8. The molecule has 1 unspecified atom stereocenters. The molecule has 1 heterocycles. The Hall–Kier alpha value is -3.66. The zero-order chi connectivity index (χ0) is 22.5. The van der Waals surface area contributed by atoms with Crippen LogP contribution in [0.1, 0.15) is 49.0 Å². The maximum Gasteiger partial charge on any atom is 0.256 e. The molecule has 4 rings (SSSR count). The molecular weight excluding hydrogens is 396 g/mol. The summed E-state index contributed by atoms with van der Waals surface area (Å²) in [6, 6.07) is 25.5. The van der Waals surface area contributed by atoms with Gasteiger partial charge >= 0.3 is 0 Å². The summed E-state index contributed by atoms with van der Waals surface area (Å²) < 4.78 is 5.54. The van der Waals surface area contributed by atoms with Crippen LogP contribution in [-0.4, -0.2) is 17.5 Å². The monoisotopic (exact) mass is 424 g/mol. The molecule has 162 valence electrons.